The lowest BCUT2D eigenvalue weighted by atomic mass is 10.1. The molecule has 0 aliphatic carbocycles. The quantitative estimate of drug-likeness (QED) is 0.797. The van der Waals surface area contributed by atoms with Gasteiger partial charge in [0.05, 0.1) is 25.6 Å². The summed E-state index contributed by atoms with van der Waals surface area (Å²) >= 11 is 0. The molecule has 0 saturated carbocycles. The Balaban J connectivity index is 1.81. The topological polar surface area (TPSA) is 76.1 Å². The van der Waals surface area contributed by atoms with Crippen molar-refractivity contribution < 1.29 is 24.2 Å². The fraction of sp³-hybridized carbons (Fsp3) is 0.263. The van der Waals surface area contributed by atoms with E-state index in [-0.39, 0.29) is 17.9 Å². The van der Waals surface area contributed by atoms with Crippen molar-refractivity contribution in [2.45, 2.75) is 6.42 Å². The maximum Gasteiger partial charge on any atom is 0.335 e. The largest absolute Gasteiger partial charge is 0.497 e. The molecule has 2 aromatic rings. The molecule has 0 bridgehead atoms. The van der Waals surface area contributed by atoms with Crippen LogP contribution < -0.4 is 9.47 Å². The lowest BCUT2D eigenvalue weighted by Gasteiger charge is -2.17. The molecule has 1 N–H and O–H groups in total. The summed E-state index contributed by atoms with van der Waals surface area (Å²) in [6.07, 6.45) is 0.153. The molecule has 1 amide bonds. The Morgan fingerprint density at radius 2 is 1.76 bits per heavy atom. The van der Waals surface area contributed by atoms with Gasteiger partial charge in [0.15, 0.2) is 0 Å². The molecule has 0 aliphatic rings. The van der Waals surface area contributed by atoms with Crippen molar-refractivity contribution in [1.29, 1.82) is 0 Å². The van der Waals surface area contributed by atoms with Crippen molar-refractivity contribution in [3.63, 3.8) is 0 Å². The summed E-state index contributed by atoms with van der Waals surface area (Å²) in [5.74, 6) is 0.357. The summed E-state index contributed by atoms with van der Waals surface area (Å²) < 4.78 is 10.7. The summed E-state index contributed by atoms with van der Waals surface area (Å²) in [4.78, 5) is 24.8. The second-order valence-electron chi connectivity index (χ2n) is 5.52. The summed E-state index contributed by atoms with van der Waals surface area (Å²) in [5, 5.41) is 8.99. The molecule has 0 spiro atoms. The van der Waals surface area contributed by atoms with Crippen LogP contribution in [0.5, 0.6) is 11.5 Å². The van der Waals surface area contributed by atoms with Gasteiger partial charge in [-0.3, -0.25) is 4.79 Å². The van der Waals surface area contributed by atoms with Crippen LogP contribution in [0.2, 0.25) is 0 Å². The van der Waals surface area contributed by atoms with Crippen LogP contribution in [0.15, 0.2) is 48.5 Å². The fourth-order valence-corrected chi connectivity index (χ4v) is 2.22. The molecule has 0 radical (unpaired) electrons. The van der Waals surface area contributed by atoms with Crippen LogP contribution in [0, 0.1) is 0 Å². The molecule has 2 aromatic carbocycles. The van der Waals surface area contributed by atoms with Crippen LogP contribution in [0.1, 0.15) is 15.9 Å². The van der Waals surface area contributed by atoms with Gasteiger partial charge in [-0.2, -0.15) is 0 Å². The summed E-state index contributed by atoms with van der Waals surface area (Å²) in [6.45, 7) is 0.799. The Hall–Kier alpha value is -3.02. The highest BCUT2D eigenvalue weighted by molar-refractivity contribution is 5.88. The molecular formula is C19H21NO5. The normalized spacial score (nSPS) is 10.2. The van der Waals surface area contributed by atoms with Crippen molar-refractivity contribution in [3.8, 4) is 11.5 Å². The monoisotopic (exact) mass is 343 g/mol. The number of likely N-dealkylation sites (N-methyl/N-ethyl adjacent to an activating group) is 1. The van der Waals surface area contributed by atoms with Crippen molar-refractivity contribution in [2.24, 2.45) is 0 Å². The minimum Gasteiger partial charge on any atom is -0.497 e. The van der Waals surface area contributed by atoms with Gasteiger partial charge in [0.25, 0.3) is 0 Å². The zero-order valence-electron chi connectivity index (χ0n) is 14.3. The van der Waals surface area contributed by atoms with Crippen molar-refractivity contribution in [2.75, 3.05) is 27.3 Å². The first-order chi connectivity index (χ1) is 12.0. The number of benzene rings is 2. The van der Waals surface area contributed by atoms with E-state index in [1.165, 1.54) is 12.1 Å². The zero-order valence-corrected chi connectivity index (χ0v) is 14.3. The Labute approximate surface area is 146 Å². The number of carboxylic acids is 1. The van der Waals surface area contributed by atoms with Crippen LogP contribution in [0.4, 0.5) is 0 Å². The molecule has 6 heteroatoms. The minimum absolute atomic E-state index is 0.0964. The standard InChI is InChI=1S/C19H21NO5/c1-20(10-11-25-17-8-6-16(24-2)7-9-17)18(21)13-14-4-3-5-15(12-14)19(22)23/h3-9,12H,10-11,13H2,1-2H3,(H,22,23). The number of carboxylic acid groups (broad SMARTS) is 1. The summed E-state index contributed by atoms with van der Waals surface area (Å²) in [7, 11) is 3.29. The van der Waals surface area contributed by atoms with Crippen molar-refractivity contribution in [3.05, 3.63) is 59.7 Å². The predicted molar refractivity (Wildman–Crippen MR) is 93.2 cm³/mol. The molecule has 0 atom stereocenters. The minimum atomic E-state index is -1.00. The Bertz CT molecular complexity index is 727. The number of hydrogen-bond donors (Lipinski definition) is 1. The summed E-state index contributed by atoms with van der Waals surface area (Å²) in [5.41, 5.74) is 0.851. The lowest BCUT2D eigenvalue weighted by molar-refractivity contribution is -0.129. The SMILES string of the molecule is COc1ccc(OCCN(C)C(=O)Cc2cccc(C(=O)O)c2)cc1. The number of methoxy groups -OCH3 is 1. The maximum absolute atomic E-state index is 12.2. The maximum atomic E-state index is 12.2. The van der Waals surface area contributed by atoms with Gasteiger partial charge >= 0.3 is 5.97 Å². The lowest BCUT2D eigenvalue weighted by Crippen LogP contribution is -2.32. The van der Waals surface area contributed by atoms with Crippen LogP contribution in [0.25, 0.3) is 0 Å². The van der Waals surface area contributed by atoms with Gasteiger partial charge in [0.1, 0.15) is 18.1 Å². The zero-order chi connectivity index (χ0) is 18.2. The molecular weight excluding hydrogens is 322 g/mol. The van der Waals surface area contributed by atoms with E-state index in [2.05, 4.69) is 0 Å². The number of aromatic carboxylic acids is 1. The first-order valence-corrected chi connectivity index (χ1v) is 7.82. The van der Waals surface area contributed by atoms with Gasteiger partial charge < -0.3 is 19.5 Å². The first kappa shape index (κ1) is 18.3. The van der Waals surface area contributed by atoms with Crippen LogP contribution in [0.3, 0.4) is 0 Å². The number of carbonyl (C=O) groups excluding carboxylic acids is 1. The average Bonchev–Trinajstić information content (AvgIpc) is 2.62. The van der Waals surface area contributed by atoms with E-state index < -0.39 is 5.97 Å². The Morgan fingerprint density at radius 1 is 1.08 bits per heavy atom. The molecule has 0 unspecified atom stereocenters. The van der Waals surface area contributed by atoms with Crippen LogP contribution in [-0.2, 0) is 11.2 Å². The molecule has 0 fully saturated rings. The molecule has 0 aliphatic heterocycles. The van der Waals surface area contributed by atoms with Crippen LogP contribution in [-0.4, -0.2) is 49.2 Å². The third-order valence-electron chi connectivity index (χ3n) is 3.71. The highest BCUT2D eigenvalue weighted by atomic mass is 16.5. The fourth-order valence-electron chi connectivity index (χ4n) is 2.22. The van der Waals surface area contributed by atoms with E-state index in [1.807, 2.05) is 0 Å². The van der Waals surface area contributed by atoms with E-state index in [4.69, 9.17) is 14.6 Å². The number of nitrogens with zero attached hydrogens (tertiary/aromatic N) is 1. The number of amides is 1. The average molecular weight is 343 g/mol. The molecule has 0 heterocycles. The van der Waals surface area contributed by atoms with Crippen LogP contribution >= 0.6 is 0 Å². The molecule has 0 saturated heterocycles. The highest BCUT2D eigenvalue weighted by Gasteiger charge is 2.11. The smallest absolute Gasteiger partial charge is 0.335 e. The predicted octanol–water partition coefficient (Wildman–Crippen LogP) is 2.47. The van der Waals surface area contributed by atoms with Crippen molar-refractivity contribution in [1.82, 2.24) is 4.90 Å². The number of hydrogen-bond acceptors (Lipinski definition) is 4. The van der Waals surface area contributed by atoms with Gasteiger partial charge in [-0.25, -0.2) is 4.79 Å². The highest BCUT2D eigenvalue weighted by Crippen LogP contribution is 2.16. The van der Waals surface area contributed by atoms with Gasteiger partial charge in [0.2, 0.25) is 5.91 Å². The molecule has 25 heavy (non-hydrogen) atoms. The van der Waals surface area contributed by atoms with Gasteiger partial charge in [-0.05, 0) is 42.0 Å². The molecule has 2 rings (SSSR count). The molecule has 0 aromatic heterocycles. The summed E-state index contributed by atoms with van der Waals surface area (Å²) in [6, 6.07) is 13.6. The van der Waals surface area contributed by atoms with Gasteiger partial charge in [-0.1, -0.05) is 12.1 Å². The second-order valence-corrected chi connectivity index (χ2v) is 5.52. The molecule has 6 nitrogen and oxygen atoms in total. The third-order valence-corrected chi connectivity index (χ3v) is 3.71. The second kappa shape index (κ2) is 8.73. The number of rotatable bonds is 8. The number of ether oxygens (including phenoxy) is 2. The van der Waals surface area contributed by atoms with Gasteiger partial charge in [0, 0.05) is 7.05 Å². The Morgan fingerprint density at radius 3 is 2.40 bits per heavy atom. The van der Waals surface area contributed by atoms with E-state index >= 15 is 0 Å². The molecule has 132 valence electrons. The van der Waals surface area contributed by atoms with E-state index in [0.717, 1.165) is 5.75 Å². The van der Waals surface area contributed by atoms with Gasteiger partial charge in [-0.15, -0.1) is 0 Å². The Kier molecular flexibility index (Phi) is 6.39. The first-order valence-electron chi connectivity index (χ1n) is 7.82. The number of carbonyl (C=O) groups is 2. The van der Waals surface area contributed by atoms with E-state index in [0.29, 0.717) is 24.5 Å². The van der Waals surface area contributed by atoms with E-state index in [1.54, 1.807) is 55.5 Å². The van der Waals surface area contributed by atoms with Crippen molar-refractivity contribution >= 4 is 11.9 Å². The third kappa shape index (κ3) is 5.53. The van der Waals surface area contributed by atoms with E-state index in [9.17, 15) is 9.59 Å².